The highest BCUT2D eigenvalue weighted by Crippen LogP contribution is 2.26. The van der Waals surface area contributed by atoms with Crippen molar-refractivity contribution < 1.29 is 0 Å². The average Bonchev–Trinajstić information content (AvgIpc) is 2.38. The summed E-state index contributed by atoms with van der Waals surface area (Å²) in [5.41, 5.74) is 2.90. The van der Waals surface area contributed by atoms with Crippen LogP contribution < -0.4 is 5.32 Å². The third-order valence-corrected chi connectivity index (χ3v) is 4.11. The molecule has 1 aromatic rings. The summed E-state index contributed by atoms with van der Waals surface area (Å²) in [4.78, 5) is 2.61. The quantitative estimate of drug-likeness (QED) is 0.881. The maximum Gasteiger partial charge on any atom is 0.0323 e. The smallest absolute Gasteiger partial charge is 0.0323 e. The first kappa shape index (κ1) is 13.6. The highest BCUT2D eigenvalue weighted by molar-refractivity contribution is 5.28. The van der Waals surface area contributed by atoms with E-state index in [1.165, 1.54) is 11.1 Å². The largest absolute Gasteiger partial charge is 0.314 e. The number of benzene rings is 1. The maximum absolute atomic E-state index is 3.46. The number of hydrogen-bond donors (Lipinski definition) is 1. The van der Waals surface area contributed by atoms with Gasteiger partial charge in [-0.1, -0.05) is 38.1 Å². The van der Waals surface area contributed by atoms with E-state index in [4.69, 9.17) is 0 Å². The van der Waals surface area contributed by atoms with Crippen molar-refractivity contribution in [1.29, 1.82) is 0 Å². The molecule has 0 radical (unpaired) electrons. The van der Waals surface area contributed by atoms with Gasteiger partial charge in [0.25, 0.3) is 0 Å². The van der Waals surface area contributed by atoms with Crippen molar-refractivity contribution in [3.05, 3.63) is 35.4 Å². The van der Waals surface area contributed by atoms with Gasteiger partial charge in [0.2, 0.25) is 0 Å². The van der Waals surface area contributed by atoms with E-state index in [-0.39, 0.29) is 0 Å². The number of rotatable bonds is 3. The molecule has 1 heterocycles. The zero-order valence-corrected chi connectivity index (χ0v) is 12.1. The molecule has 2 nitrogen and oxygen atoms in total. The van der Waals surface area contributed by atoms with E-state index < -0.39 is 0 Å². The van der Waals surface area contributed by atoms with E-state index in [0.29, 0.717) is 18.0 Å². The van der Waals surface area contributed by atoms with Crippen LogP contribution in [0.1, 0.15) is 50.8 Å². The Bertz CT molecular complexity index is 386. The van der Waals surface area contributed by atoms with Crippen molar-refractivity contribution >= 4 is 0 Å². The third-order valence-electron chi connectivity index (χ3n) is 4.11. The second-order valence-electron chi connectivity index (χ2n) is 5.79. The molecule has 1 aliphatic rings. The van der Waals surface area contributed by atoms with Crippen molar-refractivity contribution in [2.75, 3.05) is 19.6 Å². The molecule has 1 unspecified atom stereocenters. The fourth-order valence-electron chi connectivity index (χ4n) is 2.80. The van der Waals surface area contributed by atoms with E-state index in [1.807, 2.05) is 0 Å². The fraction of sp³-hybridized carbons (Fsp3) is 0.625. The molecule has 0 bridgehead atoms. The summed E-state index contributed by atoms with van der Waals surface area (Å²) >= 11 is 0. The Kier molecular flexibility index (Phi) is 4.41. The Morgan fingerprint density at radius 1 is 1.22 bits per heavy atom. The monoisotopic (exact) mass is 246 g/mol. The van der Waals surface area contributed by atoms with Gasteiger partial charge in [0, 0.05) is 31.7 Å². The minimum atomic E-state index is 0.515. The molecule has 1 aliphatic heterocycles. The van der Waals surface area contributed by atoms with Crippen LogP contribution in [0.4, 0.5) is 0 Å². The molecule has 0 aromatic heterocycles. The summed E-state index contributed by atoms with van der Waals surface area (Å²) in [5, 5.41) is 3.46. The van der Waals surface area contributed by atoms with Crippen molar-refractivity contribution in [3.63, 3.8) is 0 Å². The van der Waals surface area contributed by atoms with Crippen LogP contribution in [0.25, 0.3) is 0 Å². The second-order valence-corrected chi connectivity index (χ2v) is 5.79. The second kappa shape index (κ2) is 5.85. The summed E-state index contributed by atoms with van der Waals surface area (Å²) in [7, 11) is 0. The number of nitrogens with zero attached hydrogens (tertiary/aromatic N) is 1. The van der Waals surface area contributed by atoms with E-state index >= 15 is 0 Å². The molecule has 1 saturated heterocycles. The van der Waals surface area contributed by atoms with Crippen LogP contribution in [0.3, 0.4) is 0 Å². The highest BCUT2D eigenvalue weighted by atomic mass is 15.2. The molecule has 2 heteroatoms. The topological polar surface area (TPSA) is 15.3 Å². The lowest BCUT2D eigenvalue weighted by Gasteiger charge is -2.38. The third kappa shape index (κ3) is 2.93. The van der Waals surface area contributed by atoms with Gasteiger partial charge in [-0.15, -0.1) is 0 Å². The van der Waals surface area contributed by atoms with Gasteiger partial charge in [-0.2, -0.15) is 0 Å². The predicted octanol–water partition coefficient (Wildman–Crippen LogP) is 3.16. The Labute approximate surface area is 111 Å². The first-order chi connectivity index (χ1) is 8.59. The molecule has 100 valence electrons. The lowest BCUT2D eigenvalue weighted by Crippen LogP contribution is -2.50. The van der Waals surface area contributed by atoms with Crippen LogP contribution in [-0.2, 0) is 0 Å². The first-order valence-electron chi connectivity index (χ1n) is 7.16. The molecule has 0 aliphatic carbocycles. The van der Waals surface area contributed by atoms with Gasteiger partial charge in [-0.3, -0.25) is 4.90 Å². The lowest BCUT2D eigenvalue weighted by molar-refractivity contribution is 0.126. The summed E-state index contributed by atoms with van der Waals surface area (Å²) in [6.07, 6.45) is 0. The van der Waals surface area contributed by atoms with E-state index in [9.17, 15) is 0 Å². The Hall–Kier alpha value is -0.860. The molecular formula is C16H26N2. The zero-order valence-electron chi connectivity index (χ0n) is 12.1. The molecule has 0 saturated carbocycles. The van der Waals surface area contributed by atoms with Crippen LogP contribution in [0.2, 0.25) is 0 Å². The molecule has 1 aromatic carbocycles. The van der Waals surface area contributed by atoms with E-state index in [1.54, 1.807) is 0 Å². The van der Waals surface area contributed by atoms with Gasteiger partial charge in [0.05, 0.1) is 0 Å². The van der Waals surface area contributed by atoms with Gasteiger partial charge in [-0.25, -0.2) is 0 Å². The van der Waals surface area contributed by atoms with Gasteiger partial charge in [-0.05, 0) is 30.9 Å². The van der Waals surface area contributed by atoms with Crippen LogP contribution in [-0.4, -0.2) is 30.6 Å². The molecule has 2 rings (SSSR count). The normalized spacial score (nSPS) is 23.3. The number of nitrogens with one attached hydrogen (secondary N) is 1. The lowest BCUT2D eigenvalue weighted by atomic mass is 9.97. The standard InChI is InChI=1S/C16H26N2/c1-12(2)15-6-5-7-16(10-15)14(4)18-9-8-17-11-13(18)3/h5-7,10,12-14,17H,8-9,11H2,1-4H3/t13-,14?/m1/s1. The van der Waals surface area contributed by atoms with E-state index in [2.05, 4.69) is 62.2 Å². The van der Waals surface area contributed by atoms with Crippen LogP contribution in [0.5, 0.6) is 0 Å². The first-order valence-corrected chi connectivity index (χ1v) is 7.16. The predicted molar refractivity (Wildman–Crippen MR) is 78.0 cm³/mol. The van der Waals surface area contributed by atoms with Gasteiger partial charge in [0.15, 0.2) is 0 Å². The van der Waals surface area contributed by atoms with Gasteiger partial charge < -0.3 is 5.32 Å². The molecule has 18 heavy (non-hydrogen) atoms. The van der Waals surface area contributed by atoms with Gasteiger partial charge in [0.1, 0.15) is 0 Å². The summed E-state index contributed by atoms with van der Waals surface area (Å²) < 4.78 is 0. The molecule has 1 fully saturated rings. The summed E-state index contributed by atoms with van der Waals surface area (Å²) in [5.74, 6) is 0.609. The average molecular weight is 246 g/mol. The summed E-state index contributed by atoms with van der Waals surface area (Å²) in [6, 6.07) is 10.2. The Morgan fingerprint density at radius 3 is 2.61 bits per heavy atom. The molecular weight excluding hydrogens is 220 g/mol. The van der Waals surface area contributed by atoms with Crippen LogP contribution in [0, 0.1) is 0 Å². The minimum Gasteiger partial charge on any atom is -0.314 e. The van der Waals surface area contributed by atoms with Crippen LogP contribution >= 0.6 is 0 Å². The fourth-order valence-corrected chi connectivity index (χ4v) is 2.80. The molecule has 0 spiro atoms. The summed E-state index contributed by atoms with van der Waals surface area (Å²) in [6.45, 7) is 12.5. The minimum absolute atomic E-state index is 0.515. The van der Waals surface area contributed by atoms with Crippen LogP contribution in [0.15, 0.2) is 24.3 Å². The maximum atomic E-state index is 3.46. The van der Waals surface area contributed by atoms with Crippen molar-refractivity contribution in [1.82, 2.24) is 10.2 Å². The molecule has 1 N–H and O–H groups in total. The Balaban J connectivity index is 2.16. The van der Waals surface area contributed by atoms with E-state index in [0.717, 1.165) is 19.6 Å². The Morgan fingerprint density at radius 2 is 1.94 bits per heavy atom. The number of hydrogen-bond acceptors (Lipinski definition) is 2. The SMILES string of the molecule is CC(C)c1cccc(C(C)N2CCNC[C@H]2C)c1. The van der Waals surface area contributed by atoms with Crippen molar-refractivity contribution in [2.45, 2.75) is 45.7 Å². The molecule has 0 amide bonds. The zero-order chi connectivity index (χ0) is 13.1. The molecule has 2 atom stereocenters. The van der Waals surface area contributed by atoms with Crippen molar-refractivity contribution in [3.8, 4) is 0 Å². The highest BCUT2D eigenvalue weighted by Gasteiger charge is 2.23. The number of piperazine rings is 1. The van der Waals surface area contributed by atoms with Gasteiger partial charge >= 0.3 is 0 Å². The van der Waals surface area contributed by atoms with Crippen molar-refractivity contribution in [2.24, 2.45) is 0 Å².